The van der Waals surface area contributed by atoms with Crippen molar-refractivity contribution >= 4 is 15.9 Å². The van der Waals surface area contributed by atoms with Gasteiger partial charge in [-0.2, -0.15) is 0 Å². The maximum atomic E-state index is 5.18. The molecule has 1 heterocycles. The number of likely N-dealkylation sites (N-methyl/N-ethyl adjacent to an activating group) is 1. The molecule has 0 aliphatic rings. The Morgan fingerprint density at radius 2 is 2.25 bits per heavy atom. The van der Waals surface area contributed by atoms with Crippen LogP contribution in [-0.4, -0.2) is 36.2 Å². The van der Waals surface area contributed by atoms with Crippen molar-refractivity contribution in [1.29, 1.82) is 0 Å². The second-order valence-electron chi connectivity index (χ2n) is 3.88. The number of ether oxygens (including phenoxy) is 1. The highest BCUT2D eigenvalue weighted by atomic mass is 79.9. The molecule has 4 heteroatoms. The predicted octanol–water partition coefficient (Wildman–Crippen LogP) is 2.70. The third-order valence-corrected chi connectivity index (χ3v) is 3.02. The fourth-order valence-corrected chi connectivity index (χ4v) is 2.12. The van der Waals surface area contributed by atoms with Gasteiger partial charge in [0.15, 0.2) is 0 Å². The summed E-state index contributed by atoms with van der Waals surface area (Å²) < 4.78 is 6.21. The summed E-state index contributed by atoms with van der Waals surface area (Å²) in [5, 5.41) is 0. The van der Waals surface area contributed by atoms with E-state index in [1.807, 2.05) is 6.20 Å². The van der Waals surface area contributed by atoms with E-state index >= 15 is 0 Å². The zero-order valence-corrected chi connectivity index (χ0v) is 11.7. The van der Waals surface area contributed by atoms with Crippen LogP contribution in [-0.2, 0) is 11.3 Å². The van der Waals surface area contributed by atoms with Crippen LogP contribution in [0.4, 0.5) is 0 Å². The van der Waals surface area contributed by atoms with Crippen LogP contribution in [0.5, 0.6) is 0 Å². The molecule has 0 amide bonds. The molecule has 0 fully saturated rings. The van der Waals surface area contributed by atoms with Gasteiger partial charge in [0.05, 0.1) is 6.61 Å². The van der Waals surface area contributed by atoms with E-state index in [9.17, 15) is 0 Å². The van der Waals surface area contributed by atoms with Crippen LogP contribution in [0.15, 0.2) is 22.9 Å². The molecule has 1 rings (SSSR count). The van der Waals surface area contributed by atoms with Gasteiger partial charge in [0, 0.05) is 36.6 Å². The summed E-state index contributed by atoms with van der Waals surface area (Å²) in [6.45, 7) is 7.02. The number of aromatic nitrogens is 1. The lowest BCUT2D eigenvalue weighted by Gasteiger charge is -2.27. The van der Waals surface area contributed by atoms with Crippen molar-refractivity contribution in [2.45, 2.75) is 26.4 Å². The quantitative estimate of drug-likeness (QED) is 0.804. The van der Waals surface area contributed by atoms with E-state index in [0.29, 0.717) is 6.04 Å². The molecular weight excluding hydrogens is 268 g/mol. The van der Waals surface area contributed by atoms with Crippen LogP contribution in [0, 0.1) is 0 Å². The number of hydrogen-bond acceptors (Lipinski definition) is 3. The first-order valence-corrected chi connectivity index (χ1v) is 6.29. The highest BCUT2D eigenvalue weighted by molar-refractivity contribution is 9.10. The van der Waals surface area contributed by atoms with Crippen molar-refractivity contribution in [1.82, 2.24) is 9.88 Å². The smallest absolute Gasteiger partial charge is 0.0615 e. The van der Waals surface area contributed by atoms with Crippen molar-refractivity contribution in [3.8, 4) is 0 Å². The van der Waals surface area contributed by atoms with Crippen LogP contribution in [0.3, 0.4) is 0 Å². The summed E-state index contributed by atoms with van der Waals surface area (Å²) in [5.41, 5.74) is 1.22. The lowest BCUT2D eigenvalue weighted by molar-refractivity contribution is 0.0981. The molecule has 0 aliphatic heterocycles. The molecule has 0 spiro atoms. The van der Waals surface area contributed by atoms with Crippen molar-refractivity contribution < 1.29 is 4.74 Å². The van der Waals surface area contributed by atoms with Crippen LogP contribution in [0.25, 0.3) is 0 Å². The standard InChI is InChI=1S/C12H19BrN2O/c1-4-15(10(2)9-16-3)8-11-5-12(13)7-14-6-11/h5-7,10H,4,8-9H2,1-3H3. The van der Waals surface area contributed by atoms with Crippen molar-refractivity contribution in [3.05, 3.63) is 28.5 Å². The van der Waals surface area contributed by atoms with E-state index in [2.05, 4.69) is 45.7 Å². The fraction of sp³-hybridized carbons (Fsp3) is 0.583. The summed E-state index contributed by atoms with van der Waals surface area (Å²) >= 11 is 3.44. The van der Waals surface area contributed by atoms with E-state index in [0.717, 1.165) is 24.2 Å². The Morgan fingerprint density at radius 3 is 2.81 bits per heavy atom. The van der Waals surface area contributed by atoms with Crippen LogP contribution in [0.1, 0.15) is 19.4 Å². The van der Waals surface area contributed by atoms with Crippen molar-refractivity contribution in [2.75, 3.05) is 20.3 Å². The average molecular weight is 287 g/mol. The average Bonchev–Trinajstić information content (AvgIpc) is 2.26. The Balaban J connectivity index is 2.62. The fourth-order valence-electron chi connectivity index (χ4n) is 1.70. The van der Waals surface area contributed by atoms with Gasteiger partial charge in [-0.1, -0.05) is 6.92 Å². The highest BCUT2D eigenvalue weighted by Gasteiger charge is 2.12. The lowest BCUT2D eigenvalue weighted by atomic mass is 10.2. The number of halogens is 1. The second-order valence-corrected chi connectivity index (χ2v) is 4.79. The molecule has 1 unspecified atom stereocenters. The number of rotatable bonds is 6. The summed E-state index contributed by atoms with van der Waals surface area (Å²) in [7, 11) is 1.74. The Labute approximate surface area is 106 Å². The maximum absolute atomic E-state index is 5.18. The summed E-state index contributed by atoms with van der Waals surface area (Å²) in [6.07, 6.45) is 3.71. The van der Waals surface area contributed by atoms with E-state index in [4.69, 9.17) is 4.74 Å². The minimum Gasteiger partial charge on any atom is -0.383 e. The van der Waals surface area contributed by atoms with Gasteiger partial charge in [-0.25, -0.2) is 0 Å². The lowest BCUT2D eigenvalue weighted by Crippen LogP contribution is -2.35. The van der Waals surface area contributed by atoms with E-state index in [1.54, 1.807) is 13.3 Å². The van der Waals surface area contributed by atoms with E-state index in [-0.39, 0.29) is 0 Å². The highest BCUT2D eigenvalue weighted by Crippen LogP contribution is 2.13. The van der Waals surface area contributed by atoms with Crippen molar-refractivity contribution in [3.63, 3.8) is 0 Å². The first-order valence-electron chi connectivity index (χ1n) is 5.49. The SMILES string of the molecule is CCN(Cc1cncc(Br)c1)C(C)COC. The zero-order chi connectivity index (χ0) is 12.0. The van der Waals surface area contributed by atoms with Gasteiger partial charge >= 0.3 is 0 Å². The Hall–Kier alpha value is -0.450. The Kier molecular flexibility index (Phi) is 5.95. The van der Waals surface area contributed by atoms with Crippen LogP contribution < -0.4 is 0 Å². The Morgan fingerprint density at radius 1 is 1.50 bits per heavy atom. The molecule has 0 saturated carbocycles. The molecule has 0 aliphatic carbocycles. The molecular formula is C12H19BrN2O. The number of pyridine rings is 1. The minimum atomic E-state index is 0.425. The van der Waals surface area contributed by atoms with Crippen LogP contribution in [0.2, 0.25) is 0 Å². The molecule has 90 valence electrons. The van der Waals surface area contributed by atoms with Gasteiger partial charge in [-0.05, 0) is 41.0 Å². The monoisotopic (exact) mass is 286 g/mol. The largest absolute Gasteiger partial charge is 0.383 e. The van der Waals surface area contributed by atoms with Gasteiger partial charge < -0.3 is 4.74 Å². The molecule has 1 aromatic heterocycles. The predicted molar refractivity (Wildman–Crippen MR) is 69.4 cm³/mol. The summed E-state index contributed by atoms with van der Waals surface area (Å²) in [5.74, 6) is 0. The van der Waals surface area contributed by atoms with E-state index in [1.165, 1.54) is 5.56 Å². The normalized spacial score (nSPS) is 13.1. The number of methoxy groups -OCH3 is 1. The Bertz CT molecular complexity index is 320. The molecule has 0 radical (unpaired) electrons. The third kappa shape index (κ3) is 4.20. The third-order valence-electron chi connectivity index (χ3n) is 2.58. The van der Waals surface area contributed by atoms with Gasteiger partial charge in [-0.3, -0.25) is 9.88 Å². The summed E-state index contributed by atoms with van der Waals surface area (Å²) in [4.78, 5) is 6.54. The minimum absolute atomic E-state index is 0.425. The first-order chi connectivity index (χ1) is 7.67. The van der Waals surface area contributed by atoms with E-state index < -0.39 is 0 Å². The molecule has 0 N–H and O–H groups in total. The van der Waals surface area contributed by atoms with Gasteiger partial charge in [0.2, 0.25) is 0 Å². The maximum Gasteiger partial charge on any atom is 0.0615 e. The van der Waals surface area contributed by atoms with Gasteiger partial charge in [-0.15, -0.1) is 0 Å². The molecule has 0 saturated heterocycles. The first kappa shape index (κ1) is 13.6. The molecule has 16 heavy (non-hydrogen) atoms. The number of nitrogens with zero attached hydrogens (tertiary/aromatic N) is 2. The van der Waals surface area contributed by atoms with Gasteiger partial charge in [0.25, 0.3) is 0 Å². The number of hydrogen-bond donors (Lipinski definition) is 0. The van der Waals surface area contributed by atoms with Gasteiger partial charge in [0.1, 0.15) is 0 Å². The molecule has 1 aromatic rings. The topological polar surface area (TPSA) is 25.4 Å². The molecule has 1 atom stereocenters. The summed E-state index contributed by atoms with van der Waals surface area (Å²) in [6, 6.07) is 2.53. The van der Waals surface area contributed by atoms with Crippen molar-refractivity contribution in [2.24, 2.45) is 0 Å². The molecule has 0 bridgehead atoms. The second kappa shape index (κ2) is 6.99. The zero-order valence-electron chi connectivity index (χ0n) is 10.1. The molecule has 0 aromatic carbocycles. The molecule has 3 nitrogen and oxygen atoms in total. The van der Waals surface area contributed by atoms with Crippen LogP contribution >= 0.6 is 15.9 Å².